The zero-order chi connectivity index (χ0) is 26.1. The van der Waals surface area contributed by atoms with E-state index in [-0.39, 0.29) is 11.3 Å². The first-order valence-corrected chi connectivity index (χ1v) is 13.1. The van der Waals surface area contributed by atoms with Crippen LogP contribution < -0.4 is 24.2 Å². The number of benzene rings is 3. The third kappa shape index (κ3) is 6.99. The number of amides is 1. The van der Waals surface area contributed by atoms with E-state index in [0.29, 0.717) is 23.9 Å². The lowest BCUT2D eigenvalue weighted by molar-refractivity contribution is -0.123. The van der Waals surface area contributed by atoms with Gasteiger partial charge in [-0.15, -0.1) is 0 Å². The Hall–Kier alpha value is -3.56. The van der Waals surface area contributed by atoms with Crippen molar-refractivity contribution in [3.63, 3.8) is 0 Å². The van der Waals surface area contributed by atoms with E-state index in [1.54, 1.807) is 31.4 Å². The number of ether oxygens (including phenoxy) is 3. The summed E-state index contributed by atoms with van der Waals surface area (Å²) in [6, 6.07) is 19.2. The van der Waals surface area contributed by atoms with Gasteiger partial charge in [0.15, 0.2) is 11.5 Å². The van der Waals surface area contributed by atoms with Crippen LogP contribution in [-0.2, 0) is 21.2 Å². The van der Waals surface area contributed by atoms with Gasteiger partial charge >= 0.3 is 0 Å². The molecule has 0 saturated carbocycles. The largest absolute Gasteiger partial charge is 0.494 e. The molecule has 0 aliphatic heterocycles. The number of hydrogen-bond acceptors (Lipinski definition) is 6. The van der Waals surface area contributed by atoms with Crippen molar-refractivity contribution in [3.05, 3.63) is 83.9 Å². The van der Waals surface area contributed by atoms with Crippen molar-refractivity contribution in [2.75, 3.05) is 20.8 Å². The third-order valence-electron chi connectivity index (χ3n) is 5.61. The molecule has 3 rings (SSSR count). The van der Waals surface area contributed by atoms with Crippen molar-refractivity contribution < 1.29 is 27.4 Å². The van der Waals surface area contributed by atoms with Gasteiger partial charge in [0.2, 0.25) is 15.9 Å². The Labute approximate surface area is 212 Å². The molecule has 3 aromatic carbocycles. The lowest BCUT2D eigenvalue weighted by Crippen LogP contribution is -2.48. The first-order valence-electron chi connectivity index (χ1n) is 11.6. The molecule has 0 aliphatic carbocycles. The van der Waals surface area contributed by atoms with Gasteiger partial charge in [0.1, 0.15) is 11.8 Å². The molecular formula is C27H32N2O6S. The Balaban J connectivity index is 1.82. The van der Waals surface area contributed by atoms with Crippen LogP contribution in [0, 0.1) is 0 Å². The van der Waals surface area contributed by atoms with Gasteiger partial charge in [-0.25, -0.2) is 8.42 Å². The fraction of sp³-hybridized carbons (Fsp3) is 0.296. The number of nitrogens with one attached hydrogen (secondary N) is 2. The summed E-state index contributed by atoms with van der Waals surface area (Å²) in [5, 5.41) is 2.92. The average Bonchev–Trinajstić information content (AvgIpc) is 2.88. The van der Waals surface area contributed by atoms with E-state index in [4.69, 9.17) is 14.2 Å². The molecule has 9 heteroatoms. The highest BCUT2D eigenvalue weighted by atomic mass is 32.2. The maximum Gasteiger partial charge on any atom is 0.241 e. The standard InChI is InChI=1S/C27H32N2O6S/c1-5-35-22-12-14-23(15-13-22)36(31,32)29-24(17-20-9-7-6-8-10-20)27(30)28-19(2)21-11-16-25(33-3)26(18-21)34-4/h6-16,18-19,24,29H,5,17H2,1-4H3,(H,28,30)/t19-,24+/m1/s1. The van der Waals surface area contributed by atoms with Gasteiger partial charge in [-0.2, -0.15) is 4.72 Å². The summed E-state index contributed by atoms with van der Waals surface area (Å²) in [4.78, 5) is 13.4. The highest BCUT2D eigenvalue weighted by Gasteiger charge is 2.27. The van der Waals surface area contributed by atoms with Crippen LogP contribution in [0.1, 0.15) is 31.0 Å². The van der Waals surface area contributed by atoms with Crippen LogP contribution in [-0.4, -0.2) is 41.2 Å². The Morgan fingerprint density at radius 1 is 0.917 bits per heavy atom. The van der Waals surface area contributed by atoms with Gasteiger partial charge < -0.3 is 19.5 Å². The maximum atomic E-state index is 13.3. The minimum absolute atomic E-state index is 0.0461. The van der Waals surface area contributed by atoms with Gasteiger partial charge in [0.25, 0.3) is 0 Å². The quantitative estimate of drug-likeness (QED) is 0.382. The summed E-state index contributed by atoms with van der Waals surface area (Å²) in [5.41, 5.74) is 1.61. The Kier molecular flexibility index (Phi) is 9.32. The van der Waals surface area contributed by atoms with Crippen molar-refractivity contribution in [2.45, 2.75) is 37.2 Å². The zero-order valence-corrected chi connectivity index (χ0v) is 21.7. The van der Waals surface area contributed by atoms with Crippen LogP contribution in [0.3, 0.4) is 0 Å². The monoisotopic (exact) mass is 512 g/mol. The number of hydrogen-bond donors (Lipinski definition) is 2. The highest BCUT2D eigenvalue weighted by Crippen LogP contribution is 2.30. The molecule has 0 aliphatic rings. The molecule has 1 amide bonds. The maximum absolute atomic E-state index is 13.3. The second-order valence-corrected chi connectivity index (χ2v) is 9.83. The van der Waals surface area contributed by atoms with Gasteiger partial charge in [-0.3, -0.25) is 4.79 Å². The SMILES string of the molecule is CCOc1ccc(S(=O)(=O)N[C@@H](Cc2ccccc2)C(=O)N[C@H](C)c2ccc(OC)c(OC)c2)cc1. The lowest BCUT2D eigenvalue weighted by atomic mass is 10.0. The molecule has 8 nitrogen and oxygen atoms in total. The van der Waals surface area contributed by atoms with E-state index in [1.807, 2.05) is 50.2 Å². The van der Waals surface area contributed by atoms with Crippen LogP contribution in [0.25, 0.3) is 0 Å². The molecule has 2 N–H and O–H groups in total. The van der Waals surface area contributed by atoms with Gasteiger partial charge in [-0.05, 0) is 67.8 Å². The van der Waals surface area contributed by atoms with E-state index < -0.39 is 28.0 Å². The Morgan fingerprint density at radius 3 is 2.19 bits per heavy atom. The summed E-state index contributed by atoms with van der Waals surface area (Å²) in [5.74, 6) is 1.23. The molecule has 2 atom stereocenters. The molecule has 0 bridgehead atoms. The predicted octanol–water partition coefficient (Wildman–Crippen LogP) is 3.87. The van der Waals surface area contributed by atoms with E-state index >= 15 is 0 Å². The molecule has 0 spiro atoms. The van der Waals surface area contributed by atoms with Crippen molar-refractivity contribution in [1.29, 1.82) is 0 Å². The van der Waals surface area contributed by atoms with Crippen LogP contribution in [0.15, 0.2) is 77.7 Å². The molecule has 0 saturated heterocycles. The fourth-order valence-corrected chi connectivity index (χ4v) is 4.89. The van der Waals surface area contributed by atoms with E-state index in [1.165, 1.54) is 19.2 Å². The fourth-order valence-electron chi connectivity index (χ4n) is 3.69. The smallest absolute Gasteiger partial charge is 0.241 e. The van der Waals surface area contributed by atoms with Crippen molar-refractivity contribution in [1.82, 2.24) is 10.0 Å². The topological polar surface area (TPSA) is 103 Å². The van der Waals surface area contributed by atoms with Crippen LogP contribution >= 0.6 is 0 Å². The normalized spacial score (nSPS) is 12.9. The summed E-state index contributed by atoms with van der Waals surface area (Å²) < 4.78 is 44.9. The lowest BCUT2D eigenvalue weighted by Gasteiger charge is -2.22. The van der Waals surface area contributed by atoms with Gasteiger partial charge in [-0.1, -0.05) is 36.4 Å². The molecule has 36 heavy (non-hydrogen) atoms. The molecule has 3 aromatic rings. The summed E-state index contributed by atoms with van der Waals surface area (Å²) in [7, 11) is -0.892. The van der Waals surface area contributed by atoms with Gasteiger partial charge in [0, 0.05) is 0 Å². The number of sulfonamides is 1. The van der Waals surface area contributed by atoms with E-state index in [9.17, 15) is 13.2 Å². The first-order chi connectivity index (χ1) is 17.3. The first kappa shape index (κ1) is 27.0. The highest BCUT2D eigenvalue weighted by molar-refractivity contribution is 7.89. The number of rotatable bonds is 12. The molecule has 192 valence electrons. The average molecular weight is 513 g/mol. The molecule has 0 heterocycles. The van der Waals surface area contributed by atoms with Crippen molar-refractivity contribution in [3.8, 4) is 17.2 Å². The Bertz CT molecular complexity index is 1250. The minimum Gasteiger partial charge on any atom is -0.494 e. The molecule has 0 fully saturated rings. The molecule has 0 aromatic heterocycles. The van der Waals surface area contributed by atoms with Crippen molar-refractivity contribution >= 4 is 15.9 Å². The Morgan fingerprint density at radius 2 is 1.58 bits per heavy atom. The van der Waals surface area contributed by atoms with E-state index in [2.05, 4.69) is 10.0 Å². The molecule has 0 unspecified atom stereocenters. The summed E-state index contributed by atoms with van der Waals surface area (Å²) in [6.45, 7) is 4.14. The van der Waals surface area contributed by atoms with Crippen LogP contribution in [0.4, 0.5) is 0 Å². The zero-order valence-electron chi connectivity index (χ0n) is 20.9. The third-order valence-corrected chi connectivity index (χ3v) is 7.10. The predicted molar refractivity (Wildman–Crippen MR) is 138 cm³/mol. The summed E-state index contributed by atoms with van der Waals surface area (Å²) in [6.07, 6.45) is 0.182. The minimum atomic E-state index is -3.98. The van der Waals surface area contributed by atoms with E-state index in [0.717, 1.165) is 11.1 Å². The van der Waals surface area contributed by atoms with Crippen LogP contribution in [0.2, 0.25) is 0 Å². The summed E-state index contributed by atoms with van der Waals surface area (Å²) >= 11 is 0. The second kappa shape index (κ2) is 12.4. The second-order valence-electron chi connectivity index (χ2n) is 8.11. The number of carbonyl (C=O) groups excluding carboxylic acids is 1. The number of carbonyl (C=O) groups is 1. The van der Waals surface area contributed by atoms with Crippen molar-refractivity contribution in [2.24, 2.45) is 0 Å². The number of methoxy groups -OCH3 is 2. The molecule has 0 radical (unpaired) electrons. The molecular weight excluding hydrogens is 480 g/mol. The van der Waals surface area contributed by atoms with Crippen LogP contribution in [0.5, 0.6) is 17.2 Å². The van der Waals surface area contributed by atoms with Gasteiger partial charge in [0.05, 0.1) is 31.8 Å².